The SMILES string of the molecule is CCc1cccc([C@@](C)(O)C(C)C)c1. The first-order valence-corrected chi connectivity index (χ1v) is 5.30. The Kier molecular flexibility index (Phi) is 3.33. The molecule has 0 unspecified atom stereocenters. The molecule has 0 bridgehead atoms. The fourth-order valence-electron chi connectivity index (χ4n) is 1.44. The van der Waals surface area contributed by atoms with Gasteiger partial charge in [0.1, 0.15) is 0 Å². The van der Waals surface area contributed by atoms with Gasteiger partial charge in [-0.05, 0) is 30.4 Å². The molecule has 0 aliphatic rings. The highest BCUT2D eigenvalue weighted by molar-refractivity contribution is 5.28. The lowest BCUT2D eigenvalue weighted by atomic mass is 9.84. The fourth-order valence-corrected chi connectivity index (χ4v) is 1.44. The van der Waals surface area contributed by atoms with Gasteiger partial charge in [-0.15, -0.1) is 0 Å². The van der Waals surface area contributed by atoms with E-state index in [4.69, 9.17) is 0 Å². The molecule has 78 valence electrons. The zero-order valence-electron chi connectivity index (χ0n) is 9.54. The normalized spacial score (nSPS) is 15.6. The second kappa shape index (κ2) is 4.14. The Morgan fingerprint density at radius 2 is 2.00 bits per heavy atom. The second-order valence-electron chi connectivity index (χ2n) is 4.36. The van der Waals surface area contributed by atoms with E-state index >= 15 is 0 Å². The third kappa shape index (κ3) is 2.16. The van der Waals surface area contributed by atoms with Crippen LogP contribution in [0.2, 0.25) is 0 Å². The van der Waals surface area contributed by atoms with Crippen LogP contribution >= 0.6 is 0 Å². The van der Waals surface area contributed by atoms with Gasteiger partial charge in [0.15, 0.2) is 0 Å². The van der Waals surface area contributed by atoms with E-state index in [0.29, 0.717) is 0 Å². The van der Waals surface area contributed by atoms with Crippen molar-refractivity contribution in [2.75, 3.05) is 0 Å². The van der Waals surface area contributed by atoms with Gasteiger partial charge in [0.05, 0.1) is 5.60 Å². The van der Waals surface area contributed by atoms with Crippen molar-refractivity contribution in [3.05, 3.63) is 35.4 Å². The summed E-state index contributed by atoms with van der Waals surface area (Å²) in [5.41, 5.74) is 1.58. The number of hydrogen-bond donors (Lipinski definition) is 1. The van der Waals surface area contributed by atoms with E-state index < -0.39 is 5.60 Å². The molecule has 0 aromatic heterocycles. The molecule has 0 radical (unpaired) electrons. The zero-order chi connectivity index (χ0) is 10.8. The smallest absolute Gasteiger partial charge is 0.0891 e. The Morgan fingerprint density at radius 3 is 2.50 bits per heavy atom. The minimum atomic E-state index is -0.717. The number of benzene rings is 1. The van der Waals surface area contributed by atoms with E-state index in [1.54, 1.807) is 0 Å². The lowest BCUT2D eigenvalue weighted by molar-refractivity contribution is 0.00899. The van der Waals surface area contributed by atoms with Gasteiger partial charge >= 0.3 is 0 Å². The molecule has 0 saturated carbocycles. The van der Waals surface area contributed by atoms with Gasteiger partial charge in [0.2, 0.25) is 0 Å². The highest BCUT2D eigenvalue weighted by atomic mass is 16.3. The van der Waals surface area contributed by atoms with E-state index in [0.717, 1.165) is 12.0 Å². The zero-order valence-corrected chi connectivity index (χ0v) is 9.54. The molecule has 1 N–H and O–H groups in total. The fraction of sp³-hybridized carbons (Fsp3) is 0.538. The Bertz CT molecular complexity index is 300. The molecule has 0 aliphatic heterocycles. The van der Waals surface area contributed by atoms with Gasteiger partial charge in [0, 0.05) is 0 Å². The van der Waals surface area contributed by atoms with E-state index in [1.165, 1.54) is 5.56 Å². The quantitative estimate of drug-likeness (QED) is 0.780. The molecule has 0 aliphatic carbocycles. The van der Waals surface area contributed by atoms with Crippen LogP contribution in [0.1, 0.15) is 38.8 Å². The average Bonchev–Trinajstić information content (AvgIpc) is 2.17. The highest BCUT2D eigenvalue weighted by Crippen LogP contribution is 2.29. The molecule has 1 aromatic rings. The van der Waals surface area contributed by atoms with Crippen LogP contribution in [0.5, 0.6) is 0 Å². The molecule has 0 saturated heterocycles. The lowest BCUT2D eigenvalue weighted by Crippen LogP contribution is -2.27. The second-order valence-corrected chi connectivity index (χ2v) is 4.36. The molecule has 1 heteroatoms. The molecule has 1 rings (SSSR count). The third-order valence-corrected chi connectivity index (χ3v) is 3.04. The molecule has 0 amide bonds. The van der Waals surface area contributed by atoms with Crippen molar-refractivity contribution in [3.8, 4) is 0 Å². The number of rotatable bonds is 3. The van der Waals surface area contributed by atoms with Crippen LogP contribution in [-0.2, 0) is 12.0 Å². The van der Waals surface area contributed by atoms with Crippen LogP contribution in [0.4, 0.5) is 0 Å². The Labute approximate surface area is 86.8 Å². The third-order valence-electron chi connectivity index (χ3n) is 3.04. The van der Waals surface area contributed by atoms with Crippen molar-refractivity contribution in [1.82, 2.24) is 0 Å². The molecular formula is C13H20O. The lowest BCUT2D eigenvalue weighted by Gasteiger charge is -2.28. The predicted octanol–water partition coefficient (Wildman–Crippen LogP) is 3.11. The van der Waals surface area contributed by atoms with Gasteiger partial charge in [-0.25, -0.2) is 0 Å². The largest absolute Gasteiger partial charge is 0.385 e. The highest BCUT2D eigenvalue weighted by Gasteiger charge is 2.26. The van der Waals surface area contributed by atoms with Crippen LogP contribution in [0.25, 0.3) is 0 Å². The van der Waals surface area contributed by atoms with E-state index in [2.05, 4.69) is 19.1 Å². The van der Waals surface area contributed by atoms with Gasteiger partial charge in [-0.2, -0.15) is 0 Å². The molecule has 0 heterocycles. The molecule has 1 aromatic carbocycles. The minimum absolute atomic E-state index is 0.231. The summed E-state index contributed by atoms with van der Waals surface area (Å²) >= 11 is 0. The first-order valence-electron chi connectivity index (χ1n) is 5.30. The van der Waals surface area contributed by atoms with Gasteiger partial charge < -0.3 is 5.11 Å². The monoisotopic (exact) mass is 192 g/mol. The van der Waals surface area contributed by atoms with E-state index in [9.17, 15) is 5.11 Å². The summed E-state index contributed by atoms with van der Waals surface area (Å²) in [7, 11) is 0. The minimum Gasteiger partial charge on any atom is -0.385 e. The van der Waals surface area contributed by atoms with E-state index in [-0.39, 0.29) is 5.92 Å². The van der Waals surface area contributed by atoms with Crippen LogP contribution < -0.4 is 0 Å². The summed E-state index contributed by atoms with van der Waals surface area (Å²) in [6, 6.07) is 8.21. The van der Waals surface area contributed by atoms with Crippen LogP contribution in [-0.4, -0.2) is 5.11 Å². The molecular weight excluding hydrogens is 172 g/mol. The van der Waals surface area contributed by atoms with Gasteiger partial charge in [-0.3, -0.25) is 0 Å². The summed E-state index contributed by atoms with van der Waals surface area (Å²) in [6.45, 7) is 8.09. The van der Waals surface area contributed by atoms with Crippen molar-refractivity contribution >= 4 is 0 Å². The molecule has 0 fully saturated rings. The Morgan fingerprint density at radius 1 is 1.36 bits per heavy atom. The molecule has 14 heavy (non-hydrogen) atoms. The standard InChI is InChI=1S/C13H20O/c1-5-11-7-6-8-12(9-11)13(4,14)10(2)3/h6-10,14H,5H2,1-4H3/t13-/m0/s1. The summed E-state index contributed by atoms with van der Waals surface area (Å²) in [4.78, 5) is 0. The van der Waals surface area contributed by atoms with Crippen LogP contribution in [0, 0.1) is 5.92 Å². The average molecular weight is 192 g/mol. The maximum absolute atomic E-state index is 10.3. The predicted molar refractivity (Wildman–Crippen MR) is 60.2 cm³/mol. The van der Waals surface area contributed by atoms with E-state index in [1.807, 2.05) is 32.9 Å². The molecule has 1 nitrogen and oxygen atoms in total. The first kappa shape index (κ1) is 11.3. The van der Waals surface area contributed by atoms with Crippen LogP contribution in [0.15, 0.2) is 24.3 Å². The van der Waals surface area contributed by atoms with Crippen molar-refractivity contribution in [1.29, 1.82) is 0 Å². The topological polar surface area (TPSA) is 20.2 Å². The Hall–Kier alpha value is -0.820. The summed E-state index contributed by atoms with van der Waals surface area (Å²) in [5.74, 6) is 0.231. The first-order chi connectivity index (χ1) is 6.48. The Balaban J connectivity index is 3.06. The van der Waals surface area contributed by atoms with Gasteiger partial charge in [0.25, 0.3) is 0 Å². The number of aliphatic hydroxyl groups is 1. The van der Waals surface area contributed by atoms with Gasteiger partial charge in [-0.1, -0.05) is 45.0 Å². The summed E-state index contributed by atoms with van der Waals surface area (Å²) in [6.07, 6.45) is 1.02. The summed E-state index contributed by atoms with van der Waals surface area (Å²) in [5, 5.41) is 10.3. The van der Waals surface area contributed by atoms with Crippen molar-refractivity contribution in [2.24, 2.45) is 5.92 Å². The molecule has 0 spiro atoms. The van der Waals surface area contributed by atoms with Crippen molar-refractivity contribution in [2.45, 2.75) is 39.7 Å². The number of aryl methyl sites for hydroxylation is 1. The maximum atomic E-state index is 10.3. The van der Waals surface area contributed by atoms with Crippen molar-refractivity contribution in [3.63, 3.8) is 0 Å². The maximum Gasteiger partial charge on any atom is 0.0891 e. The van der Waals surface area contributed by atoms with Crippen molar-refractivity contribution < 1.29 is 5.11 Å². The molecule has 1 atom stereocenters. The number of hydrogen-bond acceptors (Lipinski definition) is 1. The van der Waals surface area contributed by atoms with Crippen LogP contribution in [0.3, 0.4) is 0 Å². The summed E-state index contributed by atoms with van der Waals surface area (Å²) < 4.78 is 0.